The zero-order chi connectivity index (χ0) is 16.1. The van der Waals surface area contributed by atoms with Gasteiger partial charge in [0.15, 0.2) is 0 Å². The van der Waals surface area contributed by atoms with Crippen LogP contribution in [0.25, 0.3) is 0 Å². The van der Waals surface area contributed by atoms with Crippen LogP contribution in [0.3, 0.4) is 0 Å². The van der Waals surface area contributed by atoms with Gasteiger partial charge in [0.2, 0.25) is 0 Å². The zero-order valence-corrected chi connectivity index (χ0v) is 14.8. The van der Waals surface area contributed by atoms with Crippen LogP contribution in [0.15, 0.2) is 54.6 Å². The molecule has 0 bridgehead atoms. The molecular weight excluding hydrogens is 324 g/mol. The highest BCUT2D eigenvalue weighted by Crippen LogP contribution is 2.23. The first-order valence-corrected chi connectivity index (χ1v) is 8.95. The predicted molar refractivity (Wildman–Crippen MR) is 100 cm³/mol. The molecule has 0 saturated carbocycles. The number of thiocarbonyl (C=S) groups is 1. The summed E-state index contributed by atoms with van der Waals surface area (Å²) < 4.78 is 6.19. The summed E-state index contributed by atoms with van der Waals surface area (Å²) >= 11 is 7.27. The molecule has 2 aromatic rings. The van der Waals surface area contributed by atoms with Gasteiger partial charge in [0.25, 0.3) is 0 Å². The third kappa shape index (κ3) is 4.47. The number of hydrogen-bond acceptors (Lipinski definition) is 4. The first-order chi connectivity index (χ1) is 11.2. The second-order valence-corrected chi connectivity index (χ2v) is 7.12. The minimum Gasteiger partial charge on any atom is -0.497 e. The lowest BCUT2D eigenvalue weighted by molar-refractivity contribution is 0.201. The Bertz CT molecular complexity index is 646. The van der Waals surface area contributed by atoms with Crippen LogP contribution in [-0.4, -0.2) is 33.8 Å². The Hall–Kier alpha value is -1.56. The van der Waals surface area contributed by atoms with E-state index in [1.165, 1.54) is 11.1 Å². The van der Waals surface area contributed by atoms with E-state index in [2.05, 4.69) is 52.3 Å². The molecule has 0 amide bonds. The number of rotatable bonds is 5. The normalized spacial score (nSPS) is 15.7. The summed E-state index contributed by atoms with van der Waals surface area (Å²) in [6.45, 7) is 2.66. The van der Waals surface area contributed by atoms with Crippen LogP contribution in [0.1, 0.15) is 11.1 Å². The molecule has 3 nitrogen and oxygen atoms in total. The maximum absolute atomic E-state index is 5.53. The highest BCUT2D eigenvalue weighted by molar-refractivity contribution is 8.22. The molecule has 1 fully saturated rings. The molecule has 23 heavy (non-hydrogen) atoms. The Labute approximate surface area is 147 Å². The molecule has 0 unspecified atom stereocenters. The standard InChI is InChI=1S/C18H20N2OS2/c1-21-17-9-7-16(8-10-17)12-20-13-19(14-23-18(20)22)11-15-5-3-2-4-6-15/h2-10H,11-14H2,1H3. The second kappa shape index (κ2) is 7.81. The number of nitrogens with zero attached hydrogens (tertiary/aromatic N) is 2. The molecule has 0 N–H and O–H groups in total. The van der Waals surface area contributed by atoms with Gasteiger partial charge in [-0.3, -0.25) is 4.90 Å². The highest BCUT2D eigenvalue weighted by Gasteiger charge is 2.21. The first-order valence-electron chi connectivity index (χ1n) is 7.55. The third-order valence-corrected chi connectivity index (χ3v) is 5.39. The Balaban J connectivity index is 1.62. The molecule has 1 aliphatic heterocycles. The maximum atomic E-state index is 5.53. The fourth-order valence-electron chi connectivity index (χ4n) is 2.58. The summed E-state index contributed by atoms with van der Waals surface area (Å²) in [5.74, 6) is 1.84. The molecule has 0 aliphatic carbocycles. The molecule has 3 rings (SSSR count). The van der Waals surface area contributed by atoms with Gasteiger partial charge in [-0.1, -0.05) is 66.4 Å². The molecule has 1 aliphatic rings. The van der Waals surface area contributed by atoms with Crippen molar-refractivity contribution < 1.29 is 4.74 Å². The van der Waals surface area contributed by atoms with Crippen molar-refractivity contribution in [3.8, 4) is 5.75 Å². The highest BCUT2D eigenvalue weighted by atomic mass is 32.2. The van der Waals surface area contributed by atoms with Crippen molar-refractivity contribution in [1.29, 1.82) is 0 Å². The van der Waals surface area contributed by atoms with E-state index in [1.807, 2.05) is 12.1 Å². The smallest absolute Gasteiger partial charge is 0.138 e. The third-order valence-electron chi connectivity index (χ3n) is 3.78. The van der Waals surface area contributed by atoms with E-state index in [0.29, 0.717) is 0 Å². The van der Waals surface area contributed by atoms with Gasteiger partial charge in [0.05, 0.1) is 19.7 Å². The lowest BCUT2D eigenvalue weighted by Gasteiger charge is -2.36. The largest absolute Gasteiger partial charge is 0.497 e. The lowest BCUT2D eigenvalue weighted by atomic mass is 10.2. The van der Waals surface area contributed by atoms with Crippen molar-refractivity contribution in [1.82, 2.24) is 9.80 Å². The molecule has 120 valence electrons. The van der Waals surface area contributed by atoms with E-state index in [0.717, 1.165) is 35.7 Å². The van der Waals surface area contributed by atoms with Gasteiger partial charge in [0.1, 0.15) is 10.1 Å². The number of hydrogen-bond donors (Lipinski definition) is 0. The summed E-state index contributed by atoms with van der Waals surface area (Å²) in [6, 6.07) is 18.8. The van der Waals surface area contributed by atoms with Gasteiger partial charge in [-0.05, 0) is 23.3 Å². The monoisotopic (exact) mass is 344 g/mol. The molecule has 1 saturated heterocycles. The first kappa shape index (κ1) is 16.3. The Morgan fingerprint density at radius 2 is 1.70 bits per heavy atom. The van der Waals surface area contributed by atoms with E-state index < -0.39 is 0 Å². The Morgan fingerprint density at radius 1 is 1.00 bits per heavy atom. The van der Waals surface area contributed by atoms with Crippen LogP contribution >= 0.6 is 24.0 Å². The quantitative estimate of drug-likeness (QED) is 0.761. The number of methoxy groups -OCH3 is 1. The summed E-state index contributed by atoms with van der Waals surface area (Å²) in [5, 5.41) is 0. The topological polar surface area (TPSA) is 15.7 Å². The molecule has 1 heterocycles. The fourth-order valence-corrected chi connectivity index (χ4v) is 3.63. The van der Waals surface area contributed by atoms with E-state index >= 15 is 0 Å². The van der Waals surface area contributed by atoms with E-state index in [9.17, 15) is 0 Å². The SMILES string of the molecule is COc1ccc(CN2CN(Cc3ccccc3)CSC2=S)cc1. The second-order valence-electron chi connectivity index (χ2n) is 5.54. The van der Waals surface area contributed by atoms with Crippen molar-refractivity contribution in [2.24, 2.45) is 0 Å². The molecule has 0 spiro atoms. The Morgan fingerprint density at radius 3 is 2.39 bits per heavy atom. The zero-order valence-electron chi connectivity index (χ0n) is 13.1. The lowest BCUT2D eigenvalue weighted by Crippen LogP contribution is -2.43. The van der Waals surface area contributed by atoms with Crippen LogP contribution in [0.4, 0.5) is 0 Å². The minimum absolute atomic E-state index is 0.834. The van der Waals surface area contributed by atoms with Crippen molar-refractivity contribution in [2.45, 2.75) is 13.1 Å². The van der Waals surface area contributed by atoms with Gasteiger partial charge in [-0.25, -0.2) is 0 Å². The van der Waals surface area contributed by atoms with Gasteiger partial charge in [-0.2, -0.15) is 0 Å². The molecular formula is C18H20N2OS2. The molecule has 0 radical (unpaired) electrons. The van der Waals surface area contributed by atoms with Crippen molar-refractivity contribution in [3.63, 3.8) is 0 Å². The van der Waals surface area contributed by atoms with Gasteiger partial charge in [0, 0.05) is 13.1 Å². The molecule has 5 heteroatoms. The van der Waals surface area contributed by atoms with E-state index in [-0.39, 0.29) is 0 Å². The van der Waals surface area contributed by atoms with Crippen LogP contribution in [0, 0.1) is 0 Å². The summed E-state index contributed by atoms with van der Waals surface area (Å²) in [7, 11) is 1.69. The fraction of sp³-hybridized carbons (Fsp3) is 0.278. The summed E-state index contributed by atoms with van der Waals surface area (Å²) in [4.78, 5) is 4.67. The van der Waals surface area contributed by atoms with Gasteiger partial charge < -0.3 is 9.64 Å². The molecule has 2 aromatic carbocycles. The summed E-state index contributed by atoms with van der Waals surface area (Å²) in [6.07, 6.45) is 0. The maximum Gasteiger partial charge on any atom is 0.138 e. The minimum atomic E-state index is 0.834. The predicted octanol–water partition coefficient (Wildman–Crippen LogP) is 3.95. The van der Waals surface area contributed by atoms with E-state index in [4.69, 9.17) is 17.0 Å². The van der Waals surface area contributed by atoms with E-state index in [1.54, 1.807) is 18.9 Å². The van der Waals surface area contributed by atoms with Gasteiger partial charge in [-0.15, -0.1) is 0 Å². The van der Waals surface area contributed by atoms with Crippen molar-refractivity contribution >= 4 is 28.3 Å². The number of thioether (sulfide) groups is 1. The van der Waals surface area contributed by atoms with Crippen LogP contribution < -0.4 is 4.74 Å². The molecule has 0 aromatic heterocycles. The average Bonchev–Trinajstić information content (AvgIpc) is 2.59. The van der Waals surface area contributed by atoms with Crippen molar-refractivity contribution in [3.05, 3.63) is 65.7 Å². The number of benzene rings is 2. The van der Waals surface area contributed by atoms with Crippen LogP contribution in [0.2, 0.25) is 0 Å². The summed E-state index contributed by atoms with van der Waals surface area (Å²) in [5.41, 5.74) is 2.58. The van der Waals surface area contributed by atoms with Crippen LogP contribution in [0.5, 0.6) is 5.75 Å². The van der Waals surface area contributed by atoms with Crippen molar-refractivity contribution in [2.75, 3.05) is 19.7 Å². The number of ether oxygens (including phenoxy) is 1. The van der Waals surface area contributed by atoms with Crippen LogP contribution in [-0.2, 0) is 13.1 Å². The molecule has 0 atom stereocenters. The Kier molecular flexibility index (Phi) is 5.54. The van der Waals surface area contributed by atoms with Gasteiger partial charge >= 0.3 is 0 Å². The average molecular weight is 345 g/mol.